The summed E-state index contributed by atoms with van der Waals surface area (Å²) in [6.07, 6.45) is 0. The van der Waals surface area contributed by atoms with Gasteiger partial charge in [-0.15, -0.1) is 0 Å². The first-order valence-electron chi connectivity index (χ1n) is 7.14. The Kier molecular flexibility index (Phi) is 4.00. The second kappa shape index (κ2) is 5.41. The predicted octanol–water partition coefficient (Wildman–Crippen LogP) is 3.69. The minimum Gasteiger partial charge on any atom is -0.308 e. The molecule has 0 aliphatic rings. The largest absolute Gasteiger partial charge is 0.308 e. The number of benzene rings is 1. The van der Waals surface area contributed by atoms with Crippen LogP contribution in [0, 0.1) is 20.8 Å². The van der Waals surface area contributed by atoms with Crippen LogP contribution in [-0.4, -0.2) is 15.3 Å². The molecule has 0 unspecified atom stereocenters. The minimum absolute atomic E-state index is 0.141. The van der Waals surface area contributed by atoms with E-state index in [0.29, 0.717) is 0 Å². The van der Waals surface area contributed by atoms with Crippen LogP contribution in [0.3, 0.4) is 0 Å². The van der Waals surface area contributed by atoms with Crippen molar-refractivity contribution in [3.63, 3.8) is 0 Å². The molecule has 0 amide bonds. The third-order valence-corrected chi connectivity index (χ3v) is 3.32. The van der Waals surface area contributed by atoms with Crippen molar-refractivity contribution in [1.82, 2.24) is 15.1 Å². The van der Waals surface area contributed by atoms with E-state index in [0.717, 1.165) is 17.9 Å². The molecular weight excluding hydrogens is 246 g/mol. The van der Waals surface area contributed by atoms with E-state index in [9.17, 15) is 0 Å². The predicted molar refractivity (Wildman–Crippen MR) is 84.4 cm³/mol. The van der Waals surface area contributed by atoms with Crippen molar-refractivity contribution in [1.29, 1.82) is 0 Å². The zero-order valence-electron chi connectivity index (χ0n) is 13.4. The van der Waals surface area contributed by atoms with Gasteiger partial charge in [0, 0.05) is 17.8 Å². The Morgan fingerprint density at radius 2 is 1.80 bits per heavy atom. The summed E-state index contributed by atoms with van der Waals surface area (Å²) >= 11 is 0. The lowest BCUT2D eigenvalue weighted by atomic mass is 10.1. The molecule has 0 aliphatic carbocycles. The second-order valence-corrected chi connectivity index (χ2v) is 6.56. The highest BCUT2D eigenvalue weighted by Gasteiger charge is 2.10. The Balaban J connectivity index is 2.24. The maximum Gasteiger partial charge on any atom is 0.0678 e. The monoisotopic (exact) mass is 271 g/mol. The summed E-state index contributed by atoms with van der Waals surface area (Å²) in [6, 6.07) is 8.69. The zero-order valence-corrected chi connectivity index (χ0v) is 13.4. The van der Waals surface area contributed by atoms with E-state index in [1.54, 1.807) is 0 Å². The van der Waals surface area contributed by atoms with Gasteiger partial charge >= 0.3 is 0 Å². The normalized spacial score (nSPS) is 11.9. The van der Waals surface area contributed by atoms with Crippen molar-refractivity contribution in [2.24, 2.45) is 0 Å². The maximum atomic E-state index is 4.56. The van der Waals surface area contributed by atoms with Gasteiger partial charge in [-0.2, -0.15) is 5.10 Å². The molecule has 1 aromatic carbocycles. The fraction of sp³-hybridized carbons (Fsp3) is 0.471. The number of nitrogens with one attached hydrogen (secondary N) is 1. The first-order valence-corrected chi connectivity index (χ1v) is 7.14. The number of aromatic nitrogens is 2. The number of aryl methyl sites for hydroxylation is 3. The molecule has 0 aliphatic heterocycles. The number of nitrogens with zero attached hydrogens (tertiary/aromatic N) is 2. The summed E-state index contributed by atoms with van der Waals surface area (Å²) in [7, 11) is 0. The molecule has 20 heavy (non-hydrogen) atoms. The fourth-order valence-corrected chi connectivity index (χ4v) is 2.31. The zero-order chi connectivity index (χ0) is 14.9. The molecule has 1 aromatic heterocycles. The van der Waals surface area contributed by atoms with E-state index in [1.807, 2.05) is 11.6 Å². The maximum absolute atomic E-state index is 4.56. The van der Waals surface area contributed by atoms with Crippen molar-refractivity contribution in [3.8, 4) is 5.69 Å². The van der Waals surface area contributed by atoms with Crippen LogP contribution >= 0.6 is 0 Å². The minimum atomic E-state index is 0.141. The van der Waals surface area contributed by atoms with E-state index in [2.05, 4.69) is 69.3 Å². The van der Waals surface area contributed by atoms with Gasteiger partial charge in [0.1, 0.15) is 0 Å². The molecule has 2 aromatic rings. The van der Waals surface area contributed by atoms with Crippen LogP contribution in [0.4, 0.5) is 0 Å². The molecule has 1 heterocycles. The highest BCUT2D eigenvalue weighted by Crippen LogP contribution is 2.18. The molecule has 0 spiro atoms. The van der Waals surface area contributed by atoms with E-state index in [1.165, 1.54) is 16.8 Å². The molecule has 0 saturated carbocycles. The van der Waals surface area contributed by atoms with Crippen molar-refractivity contribution >= 4 is 0 Å². The first kappa shape index (κ1) is 14.8. The molecular formula is C17H25N3. The quantitative estimate of drug-likeness (QED) is 0.922. The van der Waals surface area contributed by atoms with Crippen LogP contribution in [0.25, 0.3) is 5.69 Å². The van der Waals surface area contributed by atoms with Gasteiger partial charge in [-0.3, -0.25) is 0 Å². The highest BCUT2D eigenvalue weighted by atomic mass is 15.3. The van der Waals surface area contributed by atoms with Crippen LogP contribution < -0.4 is 5.32 Å². The summed E-state index contributed by atoms with van der Waals surface area (Å²) in [6.45, 7) is 13.7. The molecule has 0 fully saturated rings. The highest BCUT2D eigenvalue weighted by molar-refractivity contribution is 5.43. The van der Waals surface area contributed by atoms with Gasteiger partial charge in [-0.1, -0.05) is 12.1 Å². The number of hydrogen-bond acceptors (Lipinski definition) is 2. The topological polar surface area (TPSA) is 29.9 Å². The SMILES string of the molecule is Cc1cc(C)n(-c2ccc(CNC(C)(C)C)cc2C)n1. The Morgan fingerprint density at radius 3 is 2.30 bits per heavy atom. The average molecular weight is 271 g/mol. The molecule has 3 nitrogen and oxygen atoms in total. The molecule has 108 valence electrons. The standard InChI is InChI=1S/C17H25N3/c1-12-9-15(11-18-17(4,5)6)7-8-16(12)20-14(3)10-13(2)19-20/h7-10,18H,11H2,1-6H3. The molecule has 0 radical (unpaired) electrons. The number of rotatable bonds is 3. The Bertz CT molecular complexity index is 603. The lowest BCUT2D eigenvalue weighted by Gasteiger charge is -2.21. The number of hydrogen-bond donors (Lipinski definition) is 1. The van der Waals surface area contributed by atoms with E-state index < -0.39 is 0 Å². The molecule has 3 heteroatoms. The Hall–Kier alpha value is -1.61. The van der Waals surface area contributed by atoms with Crippen LogP contribution in [0.5, 0.6) is 0 Å². The van der Waals surface area contributed by atoms with Crippen molar-refractivity contribution in [2.45, 2.75) is 53.6 Å². The lowest BCUT2D eigenvalue weighted by molar-refractivity contribution is 0.424. The van der Waals surface area contributed by atoms with Crippen LogP contribution in [-0.2, 0) is 6.54 Å². The van der Waals surface area contributed by atoms with Crippen LogP contribution in [0.2, 0.25) is 0 Å². The van der Waals surface area contributed by atoms with Crippen molar-refractivity contribution in [3.05, 3.63) is 46.8 Å². The molecule has 2 rings (SSSR count). The van der Waals surface area contributed by atoms with E-state index in [4.69, 9.17) is 0 Å². The Labute approximate surface area is 122 Å². The second-order valence-electron chi connectivity index (χ2n) is 6.56. The molecule has 0 saturated heterocycles. The summed E-state index contributed by atoms with van der Waals surface area (Å²) in [5.74, 6) is 0. The van der Waals surface area contributed by atoms with Gasteiger partial charge in [0.25, 0.3) is 0 Å². The van der Waals surface area contributed by atoms with Gasteiger partial charge in [0.2, 0.25) is 0 Å². The average Bonchev–Trinajstić information content (AvgIpc) is 2.65. The Morgan fingerprint density at radius 1 is 1.10 bits per heavy atom. The van der Waals surface area contributed by atoms with Gasteiger partial charge in [-0.25, -0.2) is 4.68 Å². The summed E-state index contributed by atoms with van der Waals surface area (Å²) < 4.78 is 2.02. The third-order valence-electron chi connectivity index (χ3n) is 3.32. The van der Waals surface area contributed by atoms with Gasteiger partial charge in [-0.05, 0) is 64.8 Å². The lowest BCUT2D eigenvalue weighted by Crippen LogP contribution is -2.35. The first-order chi connectivity index (χ1) is 9.26. The van der Waals surface area contributed by atoms with Crippen molar-refractivity contribution in [2.75, 3.05) is 0 Å². The summed E-state index contributed by atoms with van der Waals surface area (Å²) in [5.41, 5.74) is 6.09. The van der Waals surface area contributed by atoms with Crippen molar-refractivity contribution < 1.29 is 0 Å². The van der Waals surface area contributed by atoms with E-state index >= 15 is 0 Å². The van der Waals surface area contributed by atoms with Gasteiger partial charge in [0.15, 0.2) is 0 Å². The van der Waals surface area contributed by atoms with E-state index in [-0.39, 0.29) is 5.54 Å². The van der Waals surface area contributed by atoms with Crippen LogP contribution in [0.15, 0.2) is 24.3 Å². The third kappa shape index (κ3) is 3.48. The molecule has 0 bridgehead atoms. The summed E-state index contributed by atoms with van der Waals surface area (Å²) in [5, 5.41) is 8.07. The molecule has 0 atom stereocenters. The van der Waals surface area contributed by atoms with Crippen LogP contribution in [0.1, 0.15) is 43.3 Å². The van der Waals surface area contributed by atoms with Gasteiger partial charge < -0.3 is 5.32 Å². The van der Waals surface area contributed by atoms with Gasteiger partial charge in [0.05, 0.1) is 11.4 Å². The fourth-order valence-electron chi connectivity index (χ4n) is 2.31. The molecule has 1 N–H and O–H groups in total. The summed E-state index contributed by atoms with van der Waals surface area (Å²) in [4.78, 5) is 0. The smallest absolute Gasteiger partial charge is 0.0678 e.